The zero-order valence-corrected chi connectivity index (χ0v) is 13.8. The van der Waals surface area contributed by atoms with Gasteiger partial charge in [-0.1, -0.05) is 49.1 Å². The molecule has 0 amide bonds. The largest absolute Gasteiger partial charge is 2.00 e. The van der Waals surface area contributed by atoms with Gasteiger partial charge in [0.25, 0.3) is 0 Å². The molecule has 0 saturated carbocycles. The fraction of sp³-hybridized carbons (Fsp3) is 0.312. The summed E-state index contributed by atoms with van der Waals surface area (Å²) in [4.78, 5) is 5.84. The molecule has 0 aromatic heterocycles. The van der Waals surface area contributed by atoms with Crippen molar-refractivity contribution >= 4 is 17.0 Å². The first-order valence-corrected chi connectivity index (χ1v) is 7.12. The third-order valence-corrected chi connectivity index (χ3v) is 3.00. The second-order valence-electron chi connectivity index (χ2n) is 4.57. The van der Waals surface area contributed by atoms with Crippen molar-refractivity contribution in [1.29, 1.82) is 0 Å². The number of nitrogens with zero attached hydrogens (tertiary/aromatic N) is 4. The molecule has 0 atom stereocenters. The fourth-order valence-electron chi connectivity index (χ4n) is 2.01. The minimum absolute atomic E-state index is 0. The maximum Gasteiger partial charge on any atom is 2.00 e. The number of hydrogen-bond donors (Lipinski definition) is 1. The third-order valence-electron chi connectivity index (χ3n) is 3.00. The van der Waals surface area contributed by atoms with Crippen molar-refractivity contribution in [2.75, 3.05) is 19.6 Å². The molecule has 2 rings (SSSR count). The fourth-order valence-corrected chi connectivity index (χ4v) is 2.01. The van der Waals surface area contributed by atoms with Crippen LogP contribution in [0.1, 0.15) is 18.9 Å². The van der Waals surface area contributed by atoms with Gasteiger partial charge in [-0.25, -0.2) is 0 Å². The second-order valence-corrected chi connectivity index (χ2v) is 4.57. The van der Waals surface area contributed by atoms with Crippen molar-refractivity contribution < 1.29 is 22.2 Å². The number of hydrogen-bond acceptors (Lipinski definition) is 3. The van der Waals surface area contributed by atoms with Crippen LogP contribution in [-0.4, -0.2) is 25.8 Å². The van der Waals surface area contributed by atoms with Gasteiger partial charge in [0.05, 0.1) is 6.54 Å². The zero-order valence-electron chi connectivity index (χ0n) is 12.9. The molecule has 2 aromatic carbocycles. The Labute approximate surface area is 146 Å². The Bertz CT molecular complexity index is 654. The molecule has 2 aromatic rings. The molecule has 0 bridgehead atoms. The summed E-state index contributed by atoms with van der Waals surface area (Å²) in [5.74, 6) is 0.0315. The first-order valence-electron chi connectivity index (χ1n) is 7.12. The van der Waals surface area contributed by atoms with Crippen molar-refractivity contribution in [3.05, 3.63) is 57.9 Å². The summed E-state index contributed by atoms with van der Waals surface area (Å²) >= 11 is 0. The summed E-state index contributed by atoms with van der Waals surface area (Å²) in [6, 6.07) is 11.4. The molecule has 0 aliphatic rings. The van der Waals surface area contributed by atoms with Gasteiger partial charge in [-0.05, 0) is 29.3 Å². The molecule has 0 spiro atoms. The average molecular weight is 361 g/mol. The van der Waals surface area contributed by atoms with Crippen LogP contribution in [0.3, 0.4) is 0 Å². The van der Waals surface area contributed by atoms with E-state index in [0.29, 0.717) is 12.1 Å². The molecule has 0 aliphatic carbocycles. The van der Waals surface area contributed by atoms with E-state index in [-0.39, 0.29) is 22.8 Å². The molecule has 23 heavy (non-hydrogen) atoms. The molecule has 6 nitrogen and oxygen atoms in total. The molecule has 7 heteroatoms. The van der Waals surface area contributed by atoms with E-state index in [1.165, 1.54) is 4.91 Å². The van der Waals surface area contributed by atoms with Crippen LogP contribution in [0.25, 0.3) is 26.7 Å². The van der Waals surface area contributed by atoms with Gasteiger partial charge in [0.2, 0.25) is 0 Å². The number of rotatable bonds is 6. The SMILES string of the molecule is CCCNCCN=Cc1c([O-])ccc2ccccc12.[Cu+2].[N-]=[N+]=[N-]. The van der Waals surface area contributed by atoms with Crippen LogP contribution in [-0.2, 0) is 17.1 Å². The molecular formula is C16H19CuN5O. The molecule has 1 N–H and O–H groups in total. The molecular weight excluding hydrogens is 342 g/mol. The van der Waals surface area contributed by atoms with Crippen LogP contribution in [0.4, 0.5) is 0 Å². The topological polar surface area (TPSA) is 106 Å². The molecule has 0 fully saturated rings. The Morgan fingerprint density at radius 2 is 1.87 bits per heavy atom. The Balaban J connectivity index is 0.00000112. The molecule has 0 aliphatic heterocycles. The van der Waals surface area contributed by atoms with Gasteiger partial charge in [-0.2, -0.15) is 0 Å². The second kappa shape index (κ2) is 12.5. The van der Waals surface area contributed by atoms with Crippen LogP contribution in [0.2, 0.25) is 0 Å². The summed E-state index contributed by atoms with van der Waals surface area (Å²) in [6.45, 7) is 4.69. The van der Waals surface area contributed by atoms with Gasteiger partial charge in [-0.3, -0.25) is 9.90 Å². The van der Waals surface area contributed by atoms with Gasteiger partial charge in [0.15, 0.2) is 0 Å². The first kappa shape index (κ1) is 21.0. The molecule has 0 heterocycles. The Hall–Kier alpha value is -2.04. The zero-order chi connectivity index (χ0) is 16.2. The van der Waals surface area contributed by atoms with Crippen molar-refractivity contribution in [2.24, 2.45) is 4.99 Å². The van der Waals surface area contributed by atoms with E-state index in [9.17, 15) is 5.11 Å². The average Bonchev–Trinajstić information content (AvgIpc) is 2.53. The van der Waals surface area contributed by atoms with E-state index in [0.717, 1.165) is 30.3 Å². The van der Waals surface area contributed by atoms with E-state index in [4.69, 9.17) is 11.1 Å². The van der Waals surface area contributed by atoms with Crippen LogP contribution in [0.15, 0.2) is 41.4 Å². The molecule has 125 valence electrons. The third kappa shape index (κ3) is 7.17. The number of benzene rings is 2. The van der Waals surface area contributed by atoms with Gasteiger partial charge in [0, 0.05) is 12.8 Å². The van der Waals surface area contributed by atoms with Gasteiger partial charge in [-0.15, -0.1) is 0 Å². The summed E-state index contributed by atoms with van der Waals surface area (Å²) in [7, 11) is 0. The predicted octanol–water partition coefficient (Wildman–Crippen LogP) is 3.20. The van der Waals surface area contributed by atoms with Crippen molar-refractivity contribution in [3.8, 4) is 5.75 Å². The predicted molar refractivity (Wildman–Crippen MR) is 89.1 cm³/mol. The summed E-state index contributed by atoms with van der Waals surface area (Å²) < 4.78 is 0. The number of nitrogens with one attached hydrogen (secondary N) is 1. The van der Waals surface area contributed by atoms with E-state index in [2.05, 4.69) is 17.2 Å². The maximum atomic E-state index is 11.9. The van der Waals surface area contributed by atoms with E-state index in [1.807, 2.05) is 30.3 Å². The Morgan fingerprint density at radius 1 is 1.17 bits per heavy atom. The molecule has 0 saturated heterocycles. The summed E-state index contributed by atoms with van der Waals surface area (Å²) in [6.07, 6.45) is 2.83. The quantitative estimate of drug-likeness (QED) is 0.213. The van der Waals surface area contributed by atoms with Gasteiger partial charge < -0.3 is 21.5 Å². The Kier molecular flexibility index (Phi) is 11.4. The van der Waals surface area contributed by atoms with Crippen LogP contribution < -0.4 is 10.4 Å². The van der Waals surface area contributed by atoms with Crippen molar-refractivity contribution in [1.82, 2.24) is 5.32 Å². The minimum atomic E-state index is 0. The summed E-state index contributed by atoms with van der Waals surface area (Å²) in [5, 5.41) is 17.2. The normalized spacial score (nSPS) is 9.78. The van der Waals surface area contributed by atoms with Crippen molar-refractivity contribution in [2.45, 2.75) is 13.3 Å². The number of aliphatic imine (C=N–C) groups is 1. The monoisotopic (exact) mass is 360 g/mol. The van der Waals surface area contributed by atoms with E-state index in [1.54, 1.807) is 12.3 Å². The van der Waals surface area contributed by atoms with Crippen LogP contribution in [0, 0.1) is 0 Å². The molecule has 0 unspecified atom stereocenters. The first-order chi connectivity index (χ1) is 10.7. The van der Waals surface area contributed by atoms with Crippen molar-refractivity contribution in [3.63, 3.8) is 0 Å². The van der Waals surface area contributed by atoms with E-state index < -0.39 is 0 Å². The Morgan fingerprint density at radius 3 is 2.57 bits per heavy atom. The smallest absolute Gasteiger partial charge is 0.872 e. The molecule has 1 radical (unpaired) electrons. The maximum absolute atomic E-state index is 11.9. The summed E-state index contributed by atoms with van der Waals surface area (Å²) in [5.41, 5.74) is 14.2. The van der Waals surface area contributed by atoms with Crippen LogP contribution in [0.5, 0.6) is 5.75 Å². The van der Waals surface area contributed by atoms with E-state index >= 15 is 0 Å². The van der Waals surface area contributed by atoms with Gasteiger partial charge in [0.1, 0.15) is 0 Å². The standard InChI is InChI=1S/C16H20N2O.Cu.N3/c1-2-9-17-10-11-18-12-15-14-6-4-3-5-13(14)7-8-16(15)19;;1-3-2/h3-8,12,17,19H,2,9-11H2,1H3;;/q;+2;-1/p-1. The number of fused-ring (bicyclic) bond motifs is 1. The van der Waals surface area contributed by atoms with Crippen LogP contribution >= 0.6 is 0 Å². The minimum Gasteiger partial charge on any atom is -0.872 e. The van der Waals surface area contributed by atoms with Gasteiger partial charge >= 0.3 is 17.1 Å².